The van der Waals surface area contributed by atoms with Crippen LogP contribution in [0.15, 0.2) is 48.5 Å². The number of methoxy groups -OCH3 is 1. The van der Waals surface area contributed by atoms with Crippen molar-refractivity contribution >= 4 is 11.8 Å². The number of rotatable bonds is 11. The van der Waals surface area contributed by atoms with Crippen molar-refractivity contribution in [1.82, 2.24) is 10.2 Å². The summed E-state index contributed by atoms with van der Waals surface area (Å²) in [6.45, 7) is 6.92. The van der Waals surface area contributed by atoms with E-state index in [4.69, 9.17) is 4.74 Å². The summed E-state index contributed by atoms with van der Waals surface area (Å²) in [6.07, 6.45) is 2.89. The van der Waals surface area contributed by atoms with E-state index in [-0.39, 0.29) is 11.8 Å². The van der Waals surface area contributed by atoms with Gasteiger partial charge in [-0.15, -0.1) is 0 Å². The Kier molecular flexibility index (Phi) is 9.39. The number of nitrogens with zero attached hydrogens (tertiary/aromatic N) is 1. The average molecular weight is 411 g/mol. The Labute approximate surface area is 180 Å². The minimum Gasteiger partial charge on any atom is -0.497 e. The summed E-state index contributed by atoms with van der Waals surface area (Å²) in [7, 11) is 1.62. The molecule has 1 N–H and O–H groups in total. The molecule has 0 fully saturated rings. The third kappa shape index (κ3) is 6.90. The van der Waals surface area contributed by atoms with Crippen LogP contribution in [0.25, 0.3) is 0 Å². The van der Waals surface area contributed by atoms with E-state index < -0.39 is 6.04 Å². The molecule has 0 aromatic heterocycles. The summed E-state index contributed by atoms with van der Waals surface area (Å²) in [5, 5.41) is 2.91. The van der Waals surface area contributed by atoms with Crippen LogP contribution in [0.2, 0.25) is 0 Å². The second kappa shape index (κ2) is 12.0. The Morgan fingerprint density at radius 3 is 2.13 bits per heavy atom. The molecule has 5 heteroatoms. The van der Waals surface area contributed by atoms with E-state index in [2.05, 4.69) is 36.5 Å². The van der Waals surface area contributed by atoms with E-state index in [1.54, 1.807) is 18.9 Å². The van der Waals surface area contributed by atoms with Crippen LogP contribution in [-0.4, -0.2) is 36.4 Å². The summed E-state index contributed by atoms with van der Waals surface area (Å²) < 4.78 is 5.21. The molecule has 0 spiro atoms. The smallest absolute Gasteiger partial charge is 0.242 e. The second-order valence-corrected chi connectivity index (χ2v) is 7.51. The highest BCUT2D eigenvalue weighted by Gasteiger charge is 2.25. The fraction of sp³-hybridized carbons (Fsp3) is 0.440. The van der Waals surface area contributed by atoms with Crippen LogP contribution in [0.1, 0.15) is 50.3 Å². The molecule has 5 nitrogen and oxygen atoms in total. The van der Waals surface area contributed by atoms with Gasteiger partial charge in [0.15, 0.2) is 0 Å². The minimum absolute atomic E-state index is 0.0236. The van der Waals surface area contributed by atoms with Crippen molar-refractivity contribution in [2.24, 2.45) is 0 Å². The zero-order valence-corrected chi connectivity index (χ0v) is 18.6. The van der Waals surface area contributed by atoms with Crippen LogP contribution < -0.4 is 10.1 Å². The van der Waals surface area contributed by atoms with Gasteiger partial charge in [-0.3, -0.25) is 9.59 Å². The molecule has 2 amide bonds. The number of nitrogens with one attached hydrogen (secondary N) is 1. The molecular weight excluding hydrogens is 376 g/mol. The van der Waals surface area contributed by atoms with Crippen molar-refractivity contribution in [3.63, 3.8) is 0 Å². The topological polar surface area (TPSA) is 58.6 Å². The second-order valence-electron chi connectivity index (χ2n) is 7.51. The number of benzene rings is 2. The number of amides is 2. The van der Waals surface area contributed by atoms with Gasteiger partial charge in [-0.2, -0.15) is 0 Å². The van der Waals surface area contributed by atoms with Gasteiger partial charge in [-0.25, -0.2) is 0 Å². The lowest BCUT2D eigenvalue weighted by atomic mass is 10.0. The standard InChI is InChI=1S/C25H34N2O3/c1-5-17-26-25(29)19(3)27(18-22-11-14-23(30-4)15-12-22)24(28)16-13-21-9-7-20(6-2)8-10-21/h7-12,14-15,19H,5-6,13,16-18H2,1-4H3,(H,26,29)/t19-/m1/s1. The van der Waals surface area contributed by atoms with Crippen LogP contribution in [0, 0.1) is 0 Å². The van der Waals surface area contributed by atoms with Crippen LogP contribution in [0.3, 0.4) is 0 Å². The molecule has 0 saturated carbocycles. The van der Waals surface area contributed by atoms with Gasteiger partial charge >= 0.3 is 0 Å². The third-order valence-corrected chi connectivity index (χ3v) is 5.29. The lowest BCUT2D eigenvalue weighted by Gasteiger charge is -2.29. The van der Waals surface area contributed by atoms with Crippen LogP contribution >= 0.6 is 0 Å². The van der Waals surface area contributed by atoms with E-state index in [0.717, 1.165) is 29.7 Å². The molecule has 0 aliphatic carbocycles. The first-order chi connectivity index (χ1) is 14.5. The van der Waals surface area contributed by atoms with E-state index in [0.29, 0.717) is 25.9 Å². The molecule has 2 aromatic carbocycles. The zero-order valence-electron chi connectivity index (χ0n) is 18.6. The predicted molar refractivity (Wildman–Crippen MR) is 120 cm³/mol. The van der Waals surface area contributed by atoms with Crippen molar-refractivity contribution in [1.29, 1.82) is 0 Å². The lowest BCUT2D eigenvalue weighted by molar-refractivity contribution is -0.140. The first-order valence-corrected chi connectivity index (χ1v) is 10.8. The first-order valence-electron chi connectivity index (χ1n) is 10.8. The van der Waals surface area contributed by atoms with Crippen LogP contribution in [0.4, 0.5) is 0 Å². The van der Waals surface area contributed by atoms with Gasteiger partial charge in [0, 0.05) is 19.5 Å². The van der Waals surface area contributed by atoms with Crippen molar-refractivity contribution in [3.05, 3.63) is 65.2 Å². The number of carbonyl (C=O) groups is 2. The first kappa shape index (κ1) is 23.5. The quantitative estimate of drug-likeness (QED) is 0.606. The monoisotopic (exact) mass is 410 g/mol. The number of hydrogen-bond donors (Lipinski definition) is 1. The van der Waals surface area contributed by atoms with Gasteiger partial charge < -0.3 is 15.0 Å². The molecular formula is C25H34N2O3. The molecule has 0 saturated heterocycles. The summed E-state index contributed by atoms with van der Waals surface area (Å²) in [5.41, 5.74) is 3.38. The average Bonchev–Trinajstić information content (AvgIpc) is 2.79. The van der Waals surface area contributed by atoms with Crippen LogP contribution in [-0.2, 0) is 29.0 Å². The molecule has 0 radical (unpaired) electrons. The van der Waals surface area contributed by atoms with Gasteiger partial charge in [0.1, 0.15) is 11.8 Å². The Balaban J connectivity index is 2.10. The number of hydrogen-bond acceptors (Lipinski definition) is 3. The molecule has 0 bridgehead atoms. The van der Waals surface area contributed by atoms with Crippen molar-refractivity contribution < 1.29 is 14.3 Å². The molecule has 2 aromatic rings. The molecule has 0 unspecified atom stereocenters. The summed E-state index contributed by atoms with van der Waals surface area (Å²) in [4.78, 5) is 27.3. The number of carbonyl (C=O) groups excluding carboxylic acids is 2. The van der Waals surface area contributed by atoms with E-state index >= 15 is 0 Å². The summed E-state index contributed by atoms with van der Waals surface area (Å²) in [5.74, 6) is 0.622. The van der Waals surface area contributed by atoms with Gasteiger partial charge in [-0.1, -0.05) is 50.2 Å². The largest absolute Gasteiger partial charge is 0.497 e. The van der Waals surface area contributed by atoms with Crippen molar-refractivity contribution in [3.8, 4) is 5.75 Å². The zero-order chi connectivity index (χ0) is 21.9. The SMILES string of the molecule is CCCNC(=O)[C@@H](C)N(Cc1ccc(OC)cc1)C(=O)CCc1ccc(CC)cc1. The molecule has 0 heterocycles. The fourth-order valence-electron chi connectivity index (χ4n) is 3.24. The predicted octanol–water partition coefficient (Wildman–Crippen LogP) is 4.13. The van der Waals surface area contributed by atoms with Crippen LogP contribution in [0.5, 0.6) is 5.75 Å². The van der Waals surface area contributed by atoms with Gasteiger partial charge in [-0.05, 0) is 55.0 Å². The third-order valence-electron chi connectivity index (χ3n) is 5.29. The molecule has 2 rings (SSSR count). The molecule has 30 heavy (non-hydrogen) atoms. The van der Waals surface area contributed by atoms with Gasteiger partial charge in [0.05, 0.1) is 7.11 Å². The van der Waals surface area contributed by atoms with E-state index in [1.165, 1.54) is 5.56 Å². The maximum absolute atomic E-state index is 13.1. The highest BCUT2D eigenvalue weighted by atomic mass is 16.5. The molecule has 0 aliphatic heterocycles. The Morgan fingerprint density at radius 1 is 0.967 bits per heavy atom. The van der Waals surface area contributed by atoms with Gasteiger partial charge in [0.25, 0.3) is 0 Å². The number of ether oxygens (including phenoxy) is 1. The maximum atomic E-state index is 13.1. The molecule has 1 atom stereocenters. The van der Waals surface area contributed by atoms with E-state index in [9.17, 15) is 9.59 Å². The van der Waals surface area contributed by atoms with Gasteiger partial charge in [0.2, 0.25) is 11.8 Å². The van der Waals surface area contributed by atoms with E-state index in [1.807, 2.05) is 31.2 Å². The highest BCUT2D eigenvalue weighted by molar-refractivity contribution is 5.87. The van der Waals surface area contributed by atoms with Crippen molar-refractivity contribution in [2.45, 2.75) is 59.0 Å². The molecule has 162 valence electrons. The lowest BCUT2D eigenvalue weighted by Crippen LogP contribution is -2.47. The minimum atomic E-state index is -0.534. The fourth-order valence-corrected chi connectivity index (χ4v) is 3.24. The van der Waals surface area contributed by atoms with Crippen molar-refractivity contribution in [2.75, 3.05) is 13.7 Å². The normalized spacial score (nSPS) is 11.6. The number of aryl methyl sites for hydroxylation is 2. The Morgan fingerprint density at radius 2 is 1.57 bits per heavy atom. The Bertz CT molecular complexity index is 800. The summed E-state index contributed by atoms with van der Waals surface area (Å²) >= 11 is 0. The maximum Gasteiger partial charge on any atom is 0.242 e. The Hall–Kier alpha value is -2.82. The molecule has 0 aliphatic rings. The highest BCUT2D eigenvalue weighted by Crippen LogP contribution is 2.16. The summed E-state index contributed by atoms with van der Waals surface area (Å²) in [6, 6.07) is 15.4.